The first kappa shape index (κ1) is 15.4. The molecule has 0 bridgehead atoms. The van der Waals surface area contributed by atoms with Gasteiger partial charge in [-0.3, -0.25) is 0 Å². The fourth-order valence-corrected chi connectivity index (χ4v) is 1.78. The van der Waals surface area contributed by atoms with E-state index in [1.807, 2.05) is 19.1 Å². The summed E-state index contributed by atoms with van der Waals surface area (Å²) in [7, 11) is 3.14. The highest BCUT2D eigenvalue weighted by atomic mass is 35.5. The number of benzene rings is 1. The molecule has 0 aliphatic heterocycles. The van der Waals surface area contributed by atoms with Gasteiger partial charge in [0.25, 0.3) is 0 Å². The minimum atomic E-state index is -0.0719. The van der Waals surface area contributed by atoms with Gasteiger partial charge in [-0.15, -0.1) is 12.4 Å². The van der Waals surface area contributed by atoms with E-state index in [0.717, 1.165) is 12.0 Å². The van der Waals surface area contributed by atoms with Crippen LogP contribution in [0.4, 0.5) is 0 Å². The first-order chi connectivity index (χ1) is 7.15. The molecule has 1 aromatic rings. The van der Waals surface area contributed by atoms with Gasteiger partial charge in [-0.1, -0.05) is 24.6 Å². The average molecular weight is 266 g/mol. The molecule has 0 saturated carbocycles. The van der Waals surface area contributed by atoms with Crippen LogP contribution in [0.15, 0.2) is 12.1 Å². The molecule has 0 aromatic heterocycles. The smallest absolute Gasteiger partial charge is 0.179 e. The third kappa shape index (κ3) is 2.94. The molecule has 0 aliphatic carbocycles. The van der Waals surface area contributed by atoms with Crippen molar-refractivity contribution >= 4 is 24.0 Å². The highest BCUT2D eigenvalue weighted by Gasteiger charge is 2.16. The maximum atomic E-state index is 6.18. The van der Waals surface area contributed by atoms with Crippen molar-refractivity contribution in [3.63, 3.8) is 0 Å². The lowest BCUT2D eigenvalue weighted by Crippen LogP contribution is -2.09. The van der Waals surface area contributed by atoms with E-state index in [-0.39, 0.29) is 18.4 Å². The number of halogens is 2. The van der Waals surface area contributed by atoms with Crippen LogP contribution < -0.4 is 15.2 Å². The Morgan fingerprint density at radius 3 is 2.38 bits per heavy atom. The summed E-state index contributed by atoms with van der Waals surface area (Å²) in [4.78, 5) is 0. The van der Waals surface area contributed by atoms with Crippen LogP contribution in [0.25, 0.3) is 0 Å². The second-order valence-electron chi connectivity index (χ2n) is 3.22. The van der Waals surface area contributed by atoms with Crippen molar-refractivity contribution in [3.05, 3.63) is 22.7 Å². The van der Waals surface area contributed by atoms with Crippen LogP contribution in [0.5, 0.6) is 11.5 Å². The lowest BCUT2D eigenvalue weighted by Gasteiger charge is -2.16. The van der Waals surface area contributed by atoms with E-state index in [1.165, 1.54) is 0 Å². The highest BCUT2D eigenvalue weighted by Crippen LogP contribution is 2.39. The molecule has 3 nitrogen and oxygen atoms in total. The Bertz CT molecular complexity index is 345. The standard InChI is InChI=1S/C11H16ClNO2.ClH/c1-4-8(13)7-5-6-9(14-2)11(15-3)10(7)12;/h5-6,8H,4,13H2,1-3H3;1H/t8-;/m1./s1. The zero-order valence-electron chi connectivity index (χ0n) is 9.62. The Morgan fingerprint density at radius 1 is 1.31 bits per heavy atom. The van der Waals surface area contributed by atoms with E-state index >= 15 is 0 Å². The Balaban J connectivity index is 0.00000225. The van der Waals surface area contributed by atoms with E-state index in [9.17, 15) is 0 Å². The van der Waals surface area contributed by atoms with E-state index in [2.05, 4.69) is 0 Å². The number of nitrogens with two attached hydrogens (primary N) is 1. The molecule has 0 unspecified atom stereocenters. The summed E-state index contributed by atoms with van der Waals surface area (Å²) in [6.45, 7) is 2.01. The number of methoxy groups -OCH3 is 2. The van der Waals surface area contributed by atoms with Crippen LogP contribution in [0, 0.1) is 0 Å². The largest absolute Gasteiger partial charge is 0.493 e. The summed E-state index contributed by atoms with van der Waals surface area (Å²) in [5.74, 6) is 1.16. The zero-order valence-corrected chi connectivity index (χ0v) is 11.2. The van der Waals surface area contributed by atoms with Crippen LogP contribution in [-0.2, 0) is 0 Å². The zero-order chi connectivity index (χ0) is 11.4. The molecule has 0 amide bonds. The van der Waals surface area contributed by atoms with Crippen molar-refractivity contribution in [3.8, 4) is 11.5 Å². The van der Waals surface area contributed by atoms with Crippen molar-refractivity contribution in [2.45, 2.75) is 19.4 Å². The van der Waals surface area contributed by atoms with E-state index in [1.54, 1.807) is 14.2 Å². The van der Waals surface area contributed by atoms with Gasteiger partial charge in [-0.2, -0.15) is 0 Å². The van der Waals surface area contributed by atoms with E-state index in [0.29, 0.717) is 16.5 Å². The van der Waals surface area contributed by atoms with Gasteiger partial charge in [0.05, 0.1) is 19.2 Å². The van der Waals surface area contributed by atoms with Gasteiger partial charge in [0.2, 0.25) is 0 Å². The molecule has 16 heavy (non-hydrogen) atoms. The highest BCUT2D eigenvalue weighted by molar-refractivity contribution is 6.33. The Labute approximate surface area is 107 Å². The van der Waals surface area contributed by atoms with Crippen LogP contribution in [0.2, 0.25) is 5.02 Å². The molecule has 1 atom stereocenters. The Kier molecular flexibility index (Phi) is 6.56. The summed E-state index contributed by atoms with van der Waals surface area (Å²) in [5, 5.41) is 0.534. The van der Waals surface area contributed by atoms with Crippen molar-refractivity contribution in [2.24, 2.45) is 5.73 Å². The molecular formula is C11H17Cl2NO2. The molecule has 1 aromatic carbocycles. The normalized spacial score (nSPS) is 11.6. The predicted octanol–water partition coefficient (Wildman–Crippen LogP) is 3.19. The molecule has 0 saturated heterocycles. The van der Waals surface area contributed by atoms with Crippen LogP contribution in [0.3, 0.4) is 0 Å². The van der Waals surface area contributed by atoms with Gasteiger partial charge in [0, 0.05) is 6.04 Å². The Hall–Kier alpha value is -0.640. The minimum absolute atomic E-state index is 0. The summed E-state index contributed by atoms with van der Waals surface area (Å²) in [6.07, 6.45) is 0.829. The maximum absolute atomic E-state index is 6.18. The second-order valence-corrected chi connectivity index (χ2v) is 3.60. The van der Waals surface area contributed by atoms with Gasteiger partial charge in [0.15, 0.2) is 11.5 Å². The summed E-state index contributed by atoms with van der Waals surface area (Å²) in [6, 6.07) is 3.62. The van der Waals surface area contributed by atoms with Crippen molar-refractivity contribution in [1.82, 2.24) is 0 Å². The molecule has 0 radical (unpaired) electrons. The van der Waals surface area contributed by atoms with E-state index < -0.39 is 0 Å². The molecule has 2 N–H and O–H groups in total. The van der Waals surface area contributed by atoms with E-state index in [4.69, 9.17) is 26.8 Å². The van der Waals surface area contributed by atoms with Crippen molar-refractivity contribution in [1.29, 1.82) is 0 Å². The number of rotatable bonds is 4. The fraction of sp³-hybridized carbons (Fsp3) is 0.455. The minimum Gasteiger partial charge on any atom is -0.493 e. The number of hydrogen-bond acceptors (Lipinski definition) is 3. The van der Waals surface area contributed by atoms with Gasteiger partial charge in [0.1, 0.15) is 0 Å². The van der Waals surface area contributed by atoms with Gasteiger partial charge >= 0.3 is 0 Å². The molecule has 0 heterocycles. The quantitative estimate of drug-likeness (QED) is 0.910. The molecule has 5 heteroatoms. The van der Waals surface area contributed by atoms with Crippen LogP contribution in [-0.4, -0.2) is 14.2 Å². The lowest BCUT2D eigenvalue weighted by molar-refractivity contribution is 0.354. The molecule has 0 fully saturated rings. The van der Waals surface area contributed by atoms with Crippen LogP contribution >= 0.6 is 24.0 Å². The van der Waals surface area contributed by atoms with Crippen molar-refractivity contribution < 1.29 is 9.47 Å². The van der Waals surface area contributed by atoms with Crippen LogP contribution in [0.1, 0.15) is 24.9 Å². The van der Waals surface area contributed by atoms with Crippen molar-refractivity contribution in [2.75, 3.05) is 14.2 Å². The van der Waals surface area contributed by atoms with Gasteiger partial charge in [-0.25, -0.2) is 0 Å². The maximum Gasteiger partial charge on any atom is 0.179 e. The molecule has 1 rings (SSSR count). The summed E-state index contributed by atoms with van der Waals surface area (Å²) < 4.78 is 10.3. The monoisotopic (exact) mass is 265 g/mol. The first-order valence-corrected chi connectivity index (χ1v) is 5.19. The topological polar surface area (TPSA) is 44.5 Å². The third-order valence-corrected chi connectivity index (χ3v) is 2.74. The summed E-state index contributed by atoms with van der Waals surface area (Å²) >= 11 is 6.18. The Morgan fingerprint density at radius 2 is 1.94 bits per heavy atom. The average Bonchev–Trinajstić information content (AvgIpc) is 2.27. The molecule has 92 valence electrons. The lowest BCUT2D eigenvalue weighted by atomic mass is 10.0. The van der Waals surface area contributed by atoms with Gasteiger partial charge < -0.3 is 15.2 Å². The summed E-state index contributed by atoms with van der Waals surface area (Å²) in [5.41, 5.74) is 6.82. The second kappa shape index (κ2) is 6.84. The molecule has 0 aliphatic rings. The predicted molar refractivity (Wildman–Crippen MR) is 69.0 cm³/mol. The van der Waals surface area contributed by atoms with Gasteiger partial charge in [-0.05, 0) is 18.1 Å². The SMILES string of the molecule is CC[C@@H](N)c1ccc(OC)c(OC)c1Cl.Cl. The number of ether oxygens (including phenoxy) is 2. The molecular weight excluding hydrogens is 249 g/mol. The third-order valence-electron chi connectivity index (χ3n) is 2.35. The number of hydrogen-bond donors (Lipinski definition) is 1. The molecule has 0 spiro atoms. The fourth-order valence-electron chi connectivity index (χ4n) is 1.41. The first-order valence-electron chi connectivity index (χ1n) is 4.81.